The highest BCUT2D eigenvalue weighted by Crippen LogP contribution is 2.33. The van der Waals surface area contributed by atoms with Gasteiger partial charge < -0.3 is 5.11 Å². The first-order valence-electron chi connectivity index (χ1n) is 6.15. The van der Waals surface area contributed by atoms with Gasteiger partial charge in [-0.2, -0.15) is 11.8 Å². The lowest BCUT2D eigenvalue weighted by Gasteiger charge is -2.44. The van der Waals surface area contributed by atoms with E-state index in [1.165, 1.54) is 25.0 Å². The van der Waals surface area contributed by atoms with Crippen molar-refractivity contribution >= 4 is 11.8 Å². The largest absolute Gasteiger partial charge is 0.391 e. The minimum atomic E-state index is -0.0716. The van der Waals surface area contributed by atoms with Crippen LogP contribution in [0.2, 0.25) is 0 Å². The van der Waals surface area contributed by atoms with Gasteiger partial charge in [-0.25, -0.2) is 0 Å². The summed E-state index contributed by atoms with van der Waals surface area (Å²) in [6, 6.07) is 0.443. The summed E-state index contributed by atoms with van der Waals surface area (Å²) in [6.45, 7) is 6.94. The number of aliphatic hydroxyl groups excluding tert-OH is 1. The Balaban J connectivity index is 1.96. The van der Waals surface area contributed by atoms with Crippen molar-refractivity contribution in [2.24, 2.45) is 0 Å². The molecule has 2 nitrogen and oxygen atoms in total. The van der Waals surface area contributed by atoms with Gasteiger partial charge in [0.2, 0.25) is 0 Å². The lowest BCUT2D eigenvalue weighted by molar-refractivity contribution is 0.0178. The summed E-state index contributed by atoms with van der Waals surface area (Å²) < 4.78 is 0.370. The molecule has 1 saturated carbocycles. The number of aliphatic hydroxyl groups is 1. The average Bonchev–Trinajstić information content (AvgIpc) is 2.17. The summed E-state index contributed by atoms with van der Waals surface area (Å²) in [7, 11) is 0. The standard InChI is InChI=1S/C12H23NOS/c1-12(2)9-13(7-8-15-12)10-5-3-4-6-11(10)14/h10-11,14H,3-9H2,1-2H3/t10-,11-/m1/s1. The van der Waals surface area contributed by atoms with Gasteiger partial charge in [0.05, 0.1) is 6.10 Å². The van der Waals surface area contributed by atoms with Crippen LogP contribution in [0.5, 0.6) is 0 Å². The van der Waals surface area contributed by atoms with E-state index in [0.29, 0.717) is 10.8 Å². The Hall–Kier alpha value is 0.270. The zero-order valence-corrected chi connectivity index (χ0v) is 10.7. The summed E-state index contributed by atoms with van der Waals surface area (Å²) in [5, 5.41) is 10.0. The second kappa shape index (κ2) is 4.64. The van der Waals surface area contributed by atoms with Gasteiger partial charge in [0.15, 0.2) is 0 Å². The molecule has 2 fully saturated rings. The molecule has 0 spiro atoms. The van der Waals surface area contributed by atoms with Crippen LogP contribution in [0.25, 0.3) is 0 Å². The van der Waals surface area contributed by atoms with Crippen molar-refractivity contribution in [2.75, 3.05) is 18.8 Å². The fourth-order valence-corrected chi connectivity index (χ4v) is 3.99. The van der Waals surface area contributed by atoms with Gasteiger partial charge in [0.1, 0.15) is 0 Å². The Morgan fingerprint density at radius 1 is 1.27 bits per heavy atom. The van der Waals surface area contributed by atoms with Crippen LogP contribution < -0.4 is 0 Å². The van der Waals surface area contributed by atoms with Gasteiger partial charge in [-0.1, -0.05) is 12.8 Å². The van der Waals surface area contributed by atoms with E-state index in [0.717, 1.165) is 19.5 Å². The predicted octanol–water partition coefficient (Wildman–Crippen LogP) is 2.12. The maximum absolute atomic E-state index is 10.0. The van der Waals surface area contributed by atoms with E-state index in [1.807, 2.05) is 0 Å². The fraction of sp³-hybridized carbons (Fsp3) is 1.00. The van der Waals surface area contributed by atoms with Gasteiger partial charge in [0.25, 0.3) is 0 Å². The maximum Gasteiger partial charge on any atom is 0.0695 e. The third kappa shape index (κ3) is 2.89. The molecular formula is C12H23NOS. The number of rotatable bonds is 1. The smallest absolute Gasteiger partial charge is 0.0695 e. The first-order valence-corrected chi connectivity index (χ1v) is 7.13. The Morgan fingerprint density at radius 2 is 2.00 bits per heavy atom. The van der Waals surface area contributed by atoms with E-state index in [-0.39, 0.29) is 6.10 Å². The van der Waals surface area contributed by atoms with E-state index in [9.17, 15) is 5.11 Å². The Kier molecular flexibility index (Phi) is 3.63. The summed E-state index contributed by atoms with van der Waals surface area (Å²) in [4.78, 5) is 2.53. The molecule has 1 heterocycles. The molecule has 1 aliphatic heterocycles. The van der Waals surface area contributed by atoms with Crippen LogP contribution in [0.1, 0.15) is 39.5 Å². The highest BCUT2D eigenvalue weighted by atomic mass is 32.2. The normalized spacial score (nSPS) is 37.8. The van der Waals surface area contributed by atoms with Gasteiger partial charge in [-0.3, -0.25) is 4.90 Å². The predicted molar refractivity (Wildman–Crippen MR) is 66.4 cm³/mol. The second-order valence-electron chi connectivity index (χ2n) is 5.50. The molecule has 2 atom stereocenters. The highest BCUT2D eigenvalue weighted by Gasteiger charge is 2.34. The van der Waals surface area contributed by atoms with Gasteiger partial charge in [-0.15, -0.1) is 0 Å². The van der Waals surface area contributed by atoms with E-state index in [1.54, 1.807) is 0 Å². The van der Waals surface area contributed by atoms with E-state index in [4.69, 9.17) is 0 Å². The number of hydrogen-bond acceptors (Lipinski definition) is 3. The van der Waals surface area contributed by atoms with Crippen molar-refractivity contribution in [3.05, 3.63) is 0 Å². The molecule has 0 aromatic rings. The number of hydrogen-bond donors (Lipinski definition) is 1. The third-order valence-electron chi connectivity index (χ3n) is 3.62. The summed E-state index contributed by atoms with van der Waals surface area (Å²) in [5.74, 6) is 1.22. The van der Waals surface area contributed by atoms with Crippen LogP contribution in [0.4, 0.5) is 0 Å². The molecule has 0 bridgehead atoms. The number of nitrogens with zero attached hydrogens (tertiary/aromatic N) is 1. The molecule has 3 heteroatoms. The Labute approximate surface area is 97.4 Å². The molecule has 0 amide bonds. The maximum atomic E-state index is 10.0. The molecule has 0 aromatic heterocycles. The molecule has 2 rings (SSSR count). The van der Waals surface area contributed by atoms with Crippen LogP contribution in [-0.2, 0) is 0 Å². The van der Waals surface area contributed by atoms with Crippen molar-refractivity contribution in [1.82, 2.24) is 4.90 Å². The molecule has 15 heavy (non-hydrogen) atoms. The van der Waals surface area contributed by atoms with Crippen LogP contribution in [0.15, 0.2) is 0 Å². The van der Waals surface area contributed by atoms with E-state index >= 15 is 0 Å². The quantitative estimate of drug-likeness (QED) is 0.745. The summed E-state index contributed by atoms with van der Waals surface area (Å²) >= 11 is 2.07. The van der Waals surface area contributed by atoms with E-state index in [2.05, 4.69) is 30.5 Å². The molecule has 1 saturated heterocycles. The topological polar surface area (TPSA) is 23.5 Å². The lowest BCUT2D eigenvalue weighted by atomic mass is 9.91. The third-order valence-corrected chi connectivity index (χ3v) is 4.92. The van der Waals surface area contributed by atoms with Crippen LogP contribution in [-0.4, -0.2) is 45.7 Å². The molecule has 2 aliphatic rings. The van der Waals surface area contributed by atoms with Crippen molar-refractivity contribution in [3.63, 3.8) is 0 Å². The van der Waals surface area contributed by atoms with Gasteiger partial charge in [0, 0.05) is 29.6 Å². The monoisotopic (exact) mass is 229 g/mol. The van der Waals surface area contributed by atoms with Crippen molar-refractivity contribution in [3.8, 4) is 0 Å². The average molecular weight is 229 g/mol. The minimum absolute atomic E-state index is 0.0716. The highest BCUT2D eigenvalue weighted by molar-refractivity contribution is 8.00. The van der Waals surface area contributed by atoms with Crippen molar-refractivity contribution < 1.29 is 5.11 Å². The SMILES string of the molecule is CC1(C)CN([C@@H]2CCCC[C@H]2O)CCS1. The second-order valence-corrected chi connectivity index (χ2v) is 7.30. The zero-order chi connectivity index (χ0) is 10.9. The van der Waals surface area contributed by atoms with E-state index < -0.39 is 0 Å². The van der Waals surface area contributed by atoms with Crippen molar-refractivity contribution in [2.45, 2.75) is 56.4 Å². The fourth-order valence-electron chi connectivity index (χ4n) is 2.85. The molecule has 0 unspecified atom stereocenters. The molecular weight excluding hydrogens is 206 g/mol. The molecule has 88 valence electrons. The summed E-state index contributed by atoms with van der Waals surface area (Å²) in [6.07, 6.45) is 4.64. The van der Waals surface area contributed by atoms with Gasteiger partial charge in [-0.05, 0) is 26.7 Å². The molecule has 0 radical (unpaired) electrons. The summed E-state index contributed by atoms with van der Waals surface area (Å²) in [5.41, 5.74) is 0. The Morgan fingerprint density at radius 3 is 2.67 bits per heavy atom. The van der Waals surface area contributed by atoms with Crippen LogP contribution >= 0.6 is 11.8 Å². The van der Waals surface area contributed by atoms with Gasteiger partial charge >= 0.3 is 0 Å². The number of thioether (sulfide) groups is 1. The first kappa shape index (κ1) is 11.7. The van der Waals surface area contributed by atoms with Crippen LogP contribution in [0.3, 0.4) is 0 Å². The zero-order valence-electron chi connectivity index (χ0n) is 9.91. The molecule has 1 N–H and O–H groups in total. The van der Waals surface area contributed by atoms with Crippen molar-refractivity contribution in [1.29, 1.82) is 0 Å². The first-order chi connectivity index (χ1) is 7.08. The lowest BCUT2D eigenvalue weighted by Crippen LogP contribution is -2.53. The Bertz CT molecular complexity index is 220. The molecule has 1 aliphatic carbocycles. The van der Waals surface area contributed by atoms with Crippen LogP contribution in [0, 0.1) is 0 Å². The molecule has 0 aromatic carbocycles. The minimum Gasteiger partial charge on any atom is -0.391 e.